The van der Waals surface area contributed by atoms with E-state index in [2.05, 4.69) is 5.32 Å². The molecule has 0 fully saturated rings. The zero-order chi connectivity index (χ0) is 21.1. The Labute approximate surface area is 191 Å². The molecule has 31 heavy (non-hydrogen) atoms. The van der Waals surface area contributed by atoms with Crippen molar-refractivity contribution in [1.82, 2.24) is 9.36 Å². The second-order valence-corrected chi connectivity index (χ2v) is 6.88. The number of benzene rings is 2. The van der Waals surface area contributed by atoms with Gasteiger partial charge in [-0.3, -0.25) is 9.48 Å². The van der Waals surface area contributed by atoms with Crippen molar-refractivity contribution in [3.8, 4) is 11.4 Å². The molecule has 0 atom stereocenters. The van der Waals surface area contributed by atoms with Crippen LogP contribution in [0, 0.1) is 6.92 Å². The summed E-state index contributed by atoms with van der Waals surface area (Å²) in [6.45, 7) is 1.97. The maximum absolute atomic E-state index is 12.1. The number of carbonyl (C=O) groups excluding carboxylic acids is 1. The molecule has 4 rings (SSSR count). The fourth-order valence-electron chi connectivity index (χ4n) is 3.28. The van der Waals surface area contributed by atoms with Gasteiger partial charge in [0.05, 0.1) is 11.4 Å². The molecule has 0 spiro atoms. The Morgan fingerprint density at radius 1 is 1.00 bits per heavy atom. The van der Waals surface area contributed by atoms with Gasteiger partial charge in [0.15, 0.2) is 11.3 Å². The van der Waals surface area contributed by atoms with Gasteiger partial charge in [-0.05, 0) is 43.3 Å². The zero-order valence-corrected chi connectivity index (χ0v) is 18.0. The van der Waals surface area contributed by atoms with Crippen molar-refractivity contribution in [2.75, 3.05) is 5.32 Å². The number of hydrogen-bond acceptors (Lipinski definition) is 4. The summed E-state index contributed by atoms with van der Waals surface area (Å²) in [7, 11) is 1.94. The van der Waals surface area contributed by atoms with E-state index in [9.17, 15) is 9.90 Å². The maximum atomic E-state index is 12.1. The number of anilines is 1. The number of phenolic OH excluding ortho intramolecular Hbond substituents is 1. The Morgan fingerprint density at radius 3 is 2.39 bits per heavy atom. The first-order chi connectivity index (χ1) is 14.6. The first-order valence-corrected chi connectivity index (χ1v) is 9.59. The van der Waals surface area contributed by atoms with Crippen LogP contribution in [0.25, 0.3) is 5.69 Å². The van der Waals surface area contributed by atoms with Gasteiger partial charge in [0.2, 0.25) is 0 Å². The molecule has 2 aromatic carbocycles. The predicted molar refractivity (Wildman–Crippen MR) is 118 cm³/mol. The molecule has 0 amide bonds. The van der Waals surface area contributed by atoms with E-state index in [0.717, 1.165) is 17.1 Å². The Kier molecular flexibility index (Phi) is 6.80. The Morgan fingerprint density at radius 2 is 1.68 bits per heavy atom. The monoisotopic (exact) mass is 461 g/mol. The third kappa shape index (κ3) is 4.48. The van der Waals surface area contributed by atoms with Gasteiger partial charge in [0, 0.05) is 35.9 Å². The Balaban J connectivity index is 0.00000272. The van der Waals surface area contributed by atoms with Crippen molar-refractivity contribution in [3.05, 3.63) is 102 Å². The minimum atomic E-state index is -0.0614. The number of phenols is 1. The van der Waals surface area contributed by atoms with Gasteiger partial charge >= 0.3 is 0 Å². The predicted octanol–water partition coefficient (Wildman–Crippen LogP) is 4.05. The van der Waals surface area contributed by atoms with E-state index in [1.807, 2.05) is 65.8 Å². The number of aromatic hydroxyl groups is 1. The smallest absolute Gasteiger partial charge is 0.187 e. The number of para-hydroxylation sites is 3. The SMILES string of the molecule is Cc1c(N/C=C2/C=CC=CC2=O)c(=Nc2ccccc2O)n(-c2ccccc2)n1C.[Cu]. The molecule has 1 aromatic heterocycles. The van der Waals surface area contributed by atoms with Crippen molar-refractivity contribution >= 4 is 17.2 Å². The molecule has 0 bridgehead atoms. The summed E-state index contributed by atoms with van der Waals surface area (Å²) in [6.07, 6.45) is 8.52. The van der Waals surface area contributed by atoms with Crippen LogP contribution in [-0.2, 0) is 28.9 Å². The van der Waals surface area contributed by atoms with E-state index in [1.54, 1.807) is 36.6 Å². The molecular weight excluding hydrogens is 440 g/mol. The number of rotatable bonds is 4. The largest absolute Gasteiger partial charge is 0.506 e. The van der Waals surface area contributed by atoms with Crippen LogP contribution < -0.4 is 10.8 Å². The molecule has 0 saturated heterocycles. The Hall–Kier alpha value is -3.54. The summed E-state index contributed by atoms with van der Waals surface area (Å²) < 4.78 is 3.94. The van der Waals surface area contributed by atoms with Crippen molar-refractivity contribution in [3.63, 3.8) is 0 Å². The quantitative estimate of drug-likeness (QED) is 0.454. The summed E-state index contributed by atoms with van der Waals surface area (Å²) in [6, 6.07) is 16.8. The molecule has 0 saturated carbocycles. The minimum Gasteiger partial charge on any atom is -0.506 e. The van der Waals surface area contributed by atoms with Crippen LogP contribution in [0.5, 0.6) is 5.75 Å². The average Bonchev–Trinajstić information content (AvgIpc) is 2.99. The van der Waals surface area contributed by atoms with Gasteiger partial charge in [0.25, 0.3) is 0 Å². The third-order valence-corrected chi connectivity index (χ3v) is 4.97. The maximum Gasteiger partial charge on any atom is 0.187 e. The minimum absolute atomic E-state index is 0. The van der Waals surface area contributed by atoms with E-state index in [1.165, 1.54) is 6.08 Å². The number of hydrogen-bond donors (Lipinski definition) is 2. The third-order valence-electron chi connectivity index (χ3n) is 4.97. The number of aromatic nitrogens is 2. The number of nitrogens with zero attached hydrogens (tertiary/aromatic N) is 3. The van der Waals surface area contributed by atoms with E-state index < -0.39 is 0 Å². The number of allylic oxidation sites excluding steroid dienone is 5. The molecule has 1 aliphatic carbocycles. The summed E-state index contributed by atoms with van der Waals surface area (Å²) in [5.74, 6) is 0.0344. The molecule has 3 aromatic rings. The number of carbonyl (C=O) groups is 1. The van der Waals surface area contributed by atoms with E-state index in [4.69, 9.17) is 4.99 Å². The van der Waals surface area contributed by atoms with Crippen molar-refractivity contribution < 1.29 is 27.0 Å². The van der Waals surface area contributed by atoms with Gasteiger partial charge in [0.1, 0.15) is 17.1 Å². The number of ketones is 1. The summed E-state index contributed by atoms with van der Waals surface area (Å²) >= 11 is 0. The van der Waals surface area contributed by atoms with Gasteiger partial charge in [-0.2, -0.15) is 0 Å². The molecule has 0 unspecified atom stereocenters. The standard InChI is InChI=1S/C24H22N4O2.Cu/c1-17-23(25-16-18-10-6-8-14-21(18)29)24(26-20-13-7-9-15-22(20)30)28(27(17)2)19-11-4-3-5-12-19;/h3-16,25,30H,1-2H3;/b18-16-,26-24?;. The molecule has 1 radical (unpaired) electrons. The van der Waals surface area contributed by atoms with E-state index >= 15 is 0 Å². The van der Waals surface area contributed by atoms with Crippen molar-refractivity contribution in [2.24, 2.45) is 12.0 Å². The molecule has 2 N–H and O–H groups in total. The molecule has 1 heterocycles. The normalized spacial score (nSPS) is 14.7. The molecule has 1 aliphatic rings. The van der Waals surface area contributed by atoms with Crippen LogP contribution in [0.1, 0.15) is 5.69 Å². The molecule has 6 nitrogen and oxygen atoms in total. The summed E-state index contributed by atoms with van der Waals surface area (Å²) in [5.41, 5.74) is 4.22. The average molecular weight is 462 g/mol. The van der Waals surface area contributed by atoms with Crippen LogP contribution in [0.15, 0.2) is 95.7 Å². The van der Waals surface area contributed by atoms with Crippen LogP contribution in [0.4, 0.5) is 11.4 Å². The van der Waals surface area contributed by atoms with Gasteiger partial charge < -0.3 is 10.4 Å². The summed E-state index contributed by atoms with van der Waals surface area (Å²) in [4.78, 5) is 16.9. The van der Waals surface area contributed by atoms with Crippen LogP contribution in [-0.4, -0.2) is 20.3 Å². The van der Waals surface area contributed by atoms with Crippen LogP contribution in [0.3, 0.4) is 0 Å². The van der Waals surface area contributed by atoms with Crippen molar-refractivity contribution in [2.45, 2.75) is 6.92 Å². The number of nitrogens with one attached hydrogen (secondary N) is 1. The van der Waals surface area contributed by atoms with E-state index in [-0.39, 0.29) is 28.6 Å². The van der Waals surface area contributed by atoms with Gasteiger partial charge in [-0.1, -0.05) is 42.5 Å². The fourth-order valence-corrected chi connectivity index (χ4v) is 3.28. The zero-order valence-electron chi connectivity index (χ0n) is 17.1. The second kappa shape index (κ2) is 9.51. The van der Waals surface area contributed by atoms with Crippen LogP contribution in [0.2, 0.25) is 0 Å². The molecular formula is C24H22CuN4O2. The first kappa shape index (κ1) is 22.2. The topological polar surface area (TPSA) is 71.6 Å². The Bertz CT molecular complexity index is 1260. The fraction of sp³-hybridized carbons (Fsp3) is 0.0833. The first-order valence-electron chi connectivity index (χ1n) is 9.59. The second-order valence-electron chi connectivity index (χ2n) is 6.88. The van der Waals surface area contributed by atoms with E-state index in [0.29, 0.717) is 16.7 Å². The molecule has 7 heteroatoms. The molecule has 161 valence electrons. The van der Waals surface area contributed by atoms with Crippen LogP contribution >= 0.6 is 0 Å². The summed E-state index contributed by atoms with van der Waals surface area (Å²) in [5, 5.41) is 13.5. The molecule has 0 aliphatic heterocycles. The van der Waals surface area contributed by atoms with Gasteiger partial charge in [-0.15, -0.1) is 0 Å². The van der Waals surface area contributed by atoms with Crippen molar-refractivity contribution in [1.29, 1.82) is 0 Å². The van der Waals surface area contributed by atoms with Gasteiger partial charge in [-0.25, -0.2) is 9.67 Å².